The molecular weight excluding hydrogens is 424 g/mol. The Morgan fingerprint density at radius 1 is 0.969 bits per heavy atom. The number of carbonyl (C=O) groups is 1. The van der Waals surface area contributed by atoms with Gasteiger partial charge in [-0.05, 0) is 42.3 Å². The first kappa shape index (κ1) is 21.1. The molecule has 5 nitrogen and oxygen atoms in total. The maximum absolute atomic E-state index is 11.1. The van der Waals surface area contributed by atoms with E-state index in [0.29, 0.717) is 17.4 Å². The fraction of sp³-hybridized carbons (Fsp3) is 0.0385. The van der Waals surface area contributed by atoms with Crippen LogP contribution in [0.3, 0.4) is 0 Å². The van der Waals surface area contributed by atoms with Crippen LogP contribution in [-0.2, 0) is 6.61 Å². The fourth-order valence-corrected chi connectivity index (χ4v) is 3.55. The molecule has 0 aliphatic rings. The Morgan fingerprint density at radius 2 is 1.69 bits per heavy atom. The third-order valence-corrected chi connectivity index (χ3v) is 5.33. The highest BCUT2D eigenvalue weighted by molar-refractivity contribution is 6.31. The summed E-state index contributed by atoms with van der Waals surface area (Å²) < 4.78 is 7.99. The predicted molar refractivity (Wildman–Crippen MR) is 125 cm³/mol. The highest BCUT2D eigenvalue weighted by atomic mass is 35.5. The molecule has 0 saturated heterocycles. The number of benzene rings is 3. The summed E-state index contributed by atoms with van der Waals surface area (Å²) in [6.45, 7) is 0.325. The topological polar surface area (TPSA) is 77.5 Å². The summed E-state index contributed by atoms with van der Waals surface area (Å²) in [7, 11) is 0. The molecule has 0 saturated carbocycles. The van der Waals surface area contributed by atoms with Crippen LogP contribution in [0, 0.1) is 12.0 Å². The van der Waals surface area contributed by atoms with Crippen LogP contribution in [0.15, 0.2) is 85.2 Å². The van der Waals surface area contributed by atoms with Crippen LogP contribution in [0.25, 0.3) is 16.8 Å². The van der Waals surface area contributed by atoms with E-state index in [4.69, 9.17) is 27.2 Å². The minimum absolute atomic E-state index is 0.224. The van der Waals surface area contributed by atoms with Crippen molar-refractivity contribution >= 4 is 17.6 Å². The third-order valence-electron chi connectivity index (χ3n) is 4.96. The van der Waals surface area contributed by atoms with Gasteiger partial charge >= 0.3 is 5.97 Å². The average molecular weight is 443 g/mol. The quantitative estimate of drug-likeness (QED) is 0.312. The minimum Gasteiger partial charge on any atom is -0.488 e. The number of carboxylic acids is 1. The Kier molecular flexibility index (Phi) is 6.16. The molecule has 0 unspecified atom stereocenters. The highest BCUT2D eigenvalue weighted by Gasteiger charge is 2.14. The number of aromatic carboxylic acids is 1. The van der Waals surface area contributed by atoms with Crippen LogP contribution in [0.5, 0.6) is 5.75 Å². The summed E-state index contributed by atoms with van der Waals surface area (Å²) in [4.78, 5) is 11.1. The van der Waals surface area contributed by atoms with Gasteiger partial charge in [0.15, 0.2) is 0 Å². The summed E-state index contributed by atoms with van der Waals surface area (Å²) in [5, 5.41) is 9.78. The van der Waals surface area contributed by atoms with Gasteiger partial charge in [0.1, 0.15) is 12.4 Å². The van der Waals surface area contributed by atoms with Crippen molar-refractivity contribution in [2.24, 2.45) is 5.73 Å². The van der Waals surface area contributed by atoms with Crippen LogP contribution in [-0.4, -0.2) is 15.6 Å². The number of hydrogen-bond donors (Lipinski definition) is 2. The standard InChI is InChI=1S/C26H19ClN2O3/c27-24-7-3-1-5-20(24)17-32-25-8-4-2-6-22(25)23-16-29(15-19(23)13-14-28)21-11-9-18(10-12-21)26(30)31/h1-12,15-16H,17,28H2,(H,30,31). The van der Waals surface area contributed by atoms with E-state index in [1.54, 1.807) is 24.3 Å². The molecule has 0 spiro atoms. The van der Waals surface area contributed by atoms with Crippen LogP contribution in [0.1, 0.15) is 21.5 Å². The van der Waals surface area contributed by atoms with Crippen molar-refractivity contribution in [2.45, 2.75) is 6.61 Å². The predicted octanol–water partition coefficient (Wildman–Crippen LogP) is 5.34. The zero-order valence-corrected chi connectivity index (χ0v) is 17.7. The zero-order valence-electron chi connectivity index (χ0n) is 17.0. The number of rotatable bonds is 6. The summed E-state index contributed by atoms with van der Waals surface area (Å²) in [6.07, 6.45) is 3.78. The number of aromatic nitrogens is 1. The summed E-state index contributed by atoms with van der Waals surface area (Å²) in [5.74, 6) is 2.66. The smallest absolute Gasteiger partial charge is 0.335 e. The first-order valence-electron chi connectivity index (χ1n) is 9.80. The van der Waals surface area contributed by atoms with Crippen molar-refractivity contribution in [1.29, 1.82) is 0 Å². The van der Waals surface area contributed by atoms with Crippen LogP contribution in [0.2, 0.25) is 5.02 Å². The van der Waals surface area contributed by atoms with Crippen molar-refractivity contribution in [3.05, 3.63) is 107 Å². The van der Waals surface area contributed by atoms with Gasteiger partial charge in [-0.1, -0.05) is 48.0 Å². The zero-order chi connectivity index (χ0) is 22.5. The van der Waals surface area contributed by atoms with Gasteiger partial charge in [0, 0.05) is 45.8 Å². The molecule has 0 bridgehead atoms. The van der Waals surface area contributed by atoms with Gasteiger partial charge in [-0.3, -0.25) is 0 Å². The molecule has 1 heterocycles. The second-order valence-corrected chi connectivity index (χ2v) is 7.40. The van der Waals surface area contributed by atoms with Crippen LogP contribution >= 0.6 is 11.6 Å². The first-order chi connectivity index (χ1) is 15.6. The van der Waals surface area contributed by atoms with E-state index >= 15 is 0 Å². The SMILES string of the molecule is NC#Cc1cn(-c2ccc(C(=O)O)cc2)cc1-c1ccccc1OCc1ccccc1Cl. The number of para-hydroxylation sites is 1. The third kappa shape index (κ3) is 4.46. The van der Waals surface area contributed by atoms with Gasteiger partial charge in [0.05, 0.1) is 11.1 Å². The largest absolute Gasteiger partial charge is 0.488 e. The number of hydrogen-bond acceptors (Lipinski definition) is 3. The number of nitrogens with zero attached hydrogens (tertiary/aromatic N) is 1. The minimum atomic E-state index is -0.968. The molecule has 158 valence electrons. The van der Waals surface area contributed by atoms with Crippen molar-refractivity contribution in [3.8, 4) is 34.5 Å². The van der Waals surface area contributed by atoms with Gasteiger partial charge < -0.3 is 20.1 Å². The van der Waals surface area contributed by atoms with E-state index in [1.807, 2.05) is 65.5 Å². The van der Waals surface area contributed by atoms with E-state index in [-0.39, 0.29) is 5.56 Å². The lowest BCUT2D eigenvalue weighted by atomic mass is 10.0. The van der Waals surface area contributed by atoms with Crippen LogP contribution in [0.4, 0.5) is 0 Å². The number of halogens is 1. The molecule has 0 aliphatic carbocycles. The van der Waals surface area contributed by atoms with Crippen molar-refractivity contribution in [2.75, 3.05) is 0 Å². The average Bonchev–Trinajstić information content (AvgIpc) is 3.23. The van der Waals surface area contributed by atoms with Crippen molar-refractivity contribution in [3.63, 3.8) is 0 Å². The molecule has 6 heteroatoms. The molecule has 0 radical (unpaired) electrons. The number of ether oxygens (including phenoxy) is 1. The molecule has 32 heavy (non-hydrogen) atoms. The van der Waals surface area contributed by atoms with E-state index in [0.717, 1.165) is 27.9 Å². The number of nitrogens with two attached hydrogens (primary N) is 1. The molecule has 0 amide bonds. The molecule has 3 N–H and O–H groups in total. The molecule has 4 aromatic rings. The number of carboxylic acid groups (broad SMARTS) is 1. The molecular formula is C26H19ClN2O3. The molecule has 0 fully saturated rings. The molecule has 0 atom stereocenters. The molecule has 4 rings (SSSR count). The Hall–Kier alpha value is -4.14. The lowest BCUT2D eigenvalue weighted by molar-refractivity contribution is 0.0697. The van der Waals surface area contributed by atoms with Gasteiger partial charge in [-0.15, -0.1) is 0 Å². The van der Waals surface area contributed by atoms with Gasteiger partial charge in [0.25, 0.3) is 0 Å². The molecule has 1 aromatic heterocycles. The summed E-state index contributed by atoms with van der Waals surface area (Å²) in [5.41, 5.74) is 9.86. The summed E-state index contributed by atoms with van der Waals surface area (Å²) >= 11 is 6.26. The second kappa shape index (κ2) is 9.34. The highest BCUT2D eigenvalue weighted by Crippen LogP contribution is 2.34. The first-order valence-corrected chi connectivity index (χ1v) is 10.2. The van der Waals surface area contributed by atoms with Crippen molar-refractivity contribution < 1.29 is 14.6 Å². The Labute approximate surface area is 190 Å². The Bertz CT molecular complexity index is 1330. The van der Waals surface area contributed by atoms with E-state index in [2.05, 4.69) is 12.0 Å². The Balaban J connectivity index is 1.71. The monoisotopic (exact) mass is 442 g/mol. The van der Waals surface area contributed by atoms with Gasteiger partial charge in [-0.2, -0.15) is 0 Å². The Morgan fingerprint density at radius 3 is 2.41 bits per heavy atom. The van der Waals surface area contributed by atoms with E-state index < -0.39 is 5.97 Å². The molecule has 3 aromatic carbocycles. The maximum atomic E-state index is 11.1. The lowest BCUT2D eigenvalue weighted by Crippen LogP contribution is -1.98. The normalized spacial score (nSPS) is 10.3. The molecule has 0 aliphatic heterocycles. The van der Waals surface area contributed by atoms with Gasteiger partial charge in [-0.25, -0.2) is 4.79 Å². The van der Waals surface area contributed by atoms with Gasteiger partial charge in [0.2, 0.25) is 0 Å². The maximum Gasteiger partial charge on any atom is 0.335 e. The fourth-order valence-electron chi connectivity index (χ4n) is 3.36. The van der Waals surface area contributed by atoms with E-state index in [9.17, 15) is 4.79 Å². The van der Waals surface area contributed by atoms with Crippen molar-refractivity contribution in [1.82, 2.24) is 4.57 Å². The second-order valence-electron chi connectivity index (χ2n) is 6.99. The van der Waals surface area contributed by atoms with E-state index in [1.165, 1.54) is 0 Å². The van der Waals surface area contributed by atoms with Crippen LogP contribution < -0.4 is 10.5 Å². The lowest BCUT2D eigenvalue weighted by Gasteiger charge is -2.12. The summed E-state index contributed by atoms with van der Waals surface area (Å²) in [6, 6.07) is 24.3.